The van der Waals surface area contributed by atoms with Crippen molar-refractivity contribution in [3.8, 4) is 17.2 Å². The number of benzene rings is 1. The number of hydrogen-bond donors (Lipinski definition) is 2. The predicted molar refractivity (Wildman–Crippen MR) is 51.9 cm³/mol. The summed E-state index contributed by atoms with van der Waals surface area (Å²) in [6.45, 7) is 1.73. The third kappa shape index (κ3) is 1.75. The molecule has 0 spiro atoms. The second-order valence-electron chi connectivity index (χ2n) is 3.23. The van der Waals surface area contributed by atoms with Crippen LogP contribution in [0.15, 0.2) is 18.2 Å². The molecule has 2 rings (SSSR count). The Morgan fingerprint density at radius 3 is 2.71 bits per heavy atom. The van der Waals surface area contributed by atoms with Crippen molar-refractivity contribution in [2.75, 3.05) is 20.2 Å². The fourth-order valence-corrected chi connectivity index (χ4v) is 1.28. The molecule has 1 aliphatic heterocycles. The lowest BCUT2D eigenvalue weighted by atomic mass is 10.2. The number of methoxy groups -OCH3 is 1. The molecule has 14 heavy (non-hydrogen) atoms. The van der Waals surface area contributed by atoms with E-state index in [0.29, 0.717) is 11.5 Å². The van der Waals surface area contributed by atoms with Gasteiger partial charge in [0.2, 0.25) is 0 Å². The van der Waals surface area contributed by atoms with Crippen LogP contribution in [0, 0.1) is 0 Å². The van der Waals surface area contributed by atoms with Crippen LogP contribution in [0.2, 0.25) is 0 Å². The smallest absolute Gasteiger partial charge is 0.164 e. The molecule has 0 aromatic heterocycles. The normalized spacial score (nSPS) is 16.1. The van der Waals surface area contributed by atoms with Crippen molar-refractivity contribution in [3.05, 3.63) is 18.2 Å². The van der Waals surface area contributed by atoms with Gasteiger partial charge in [-0.15, -0.1) is 0 Å². The first kappa shape index (κ1) is 9.15. The maximum atomic E-state index is 9.23. The van der Waals surface area contributed by atoms with Crippen LogP contribution in [0.3, 0.4) is 0 Å². The highest BCUT2D eigenvalue weighted by Crippen LogP contribution is 2.31. The Morgan fingerprint density at radius 2 is 2.14 bits per heavy atom. The van der Waals surface area contributed by atoms with Gasteiger partial charge in [0.25, 0.3) is 0 Å². The minimum Gasteiger partial charge on any atom is -0.508 e. The molecule has 1 heterocycles. The van der Waals surface area contributed by atoms with E-state index in [9.17, 15) is 5.11 Å². The van der Waals surface area contributed by atoms with Crippen molar-refractivity contribution < 1.29 is 14.6 Å². The molecule has 0 bridgehead atoms. The second kappa shape index (κ2) is 3.75. The summed E-state index contributed by atoms with van der Waals surface area (Å²) < 4.78 is 10.7. The lowest BCUT2D eigenvalue weighted by Crippen LogP contribution is -2.50. The first-order chi connectivity index (χ1) is 6.79. The molecule has 1 aromatic carbocycles. The number of nitrogens with one attached hydrogen (secondary N) is 1. The molecule has 1 saturated heterocycles. The fraction of sp³-hybridized carbons (Fsp3) is 0.400. The largest absolute Gasteiger partial charge is 0.508 e. The van der Waals surface area contributed by atoms with Crippen LogP contribution >= 0.6 is 0 Å². The van der Waals surface area contributed by atoms with Crippen LogP contribution in [-0.4, -0.2) is 31.4 Å². The maximum Gasteiger partial charge on any atom is 0.164 e. The van der Waals surface area contributed by atoms with E-state index in [1.54, 1.807) is 25.3 Å². The van der Waals surface area contributed by atoms with E-state index >= 15 is 0 Å². The minimum absolute atomic E-state index is 0.181. The van der Waals surface area contributed by atoms with Gasteiger partial charge in [-0.05, 0) is 12.1 Å². The van der Waals surface area contributed by atoms with E-state index in [4.69, 9.17) is 9.47 Å². The lowest BCUT2D eigenvalue weighted by Gasteiger charge is -2.28. The first-order valence-corrected chi connectivity index (χ1v) is 4.54. The highest BCUT2D eigenvalue weighted by Gasteiger charge is 2.19. The van der Waals surface area contributed by atoms with E-state index < -0.39 is 0 Å². The summed E-state index contributed by atoms with van der Waals surface area (Å²) in [5, 5.41) is 12.3. The summed E-state index contributed by atoms with van der Waals surface area (Å²) in [6, 6.07) is 4.85. The SMILES string of the molecule is COc1cc(O)ccc1OC1CNC1. The predicted octanol–water partition coefficient (Wildman–Crippen LogP) is 0.751. The Morgan fingerprint density at radius 1 is 1.36 bits per heavy atom. The van der Waals surface area contributed by atoms with Crippen molar-refractivity contribution in [3.63, 3.8) is 0 Å². The molecule has 0 radical (unpaired) electrons. The Balaban J connectivity index is 2.14. The molecule has 0 saturated carbocycles. The van der Waals surface area contributed by atoms with Gasteiger partial charge >= 0.3 is 0 Å². The van der Waals surface area contributed by atoms with Crippen LogP contribution in [0.25, 0.3) is 0 Å². The third-order valence-electron chi connectivity index (χ3n) is 2.18. The molecule has 0 atom stereocenters. The molecule has 0 aliphatic carbocycles. The van der Waals surface area contributed by atoms with Crippen LogP contribution in [0.5, 0.6) is 17.2 Å². The van der Waals surface area contributed by atoms with Gasteiger partial charge in [0.1, 0.15) is 11.9 Å². The van der Waals surface area contributed by atoms with Gasteiger partial charge < -0.3 is 19.9 Å². The molecular formula is C10H13NO3. The molecule has 2 N–H and O–H groups in total. The van der Waals surface area contributed by atoms with Gasteiger partial charge in [-0.1, -0.05) is 0 Å². The Kier molecular flexibility index (Phi) is 2.45. The molecular weight excluding hydrogens is 182 g/mol. The van der Waals surface area contributed by atoms with E-state index in [2.05, 4.69) is 5.32 Å². The standard InChI is InChI=1S/C10H13NO3/c1-13-10-4-7(12)2-3-9(10)14-8-5-11-6-8/h2-4,8,11-12H,5-6H2,1H3. The zero-order valence-corrected chi connectivity index (χ0v) is 7.99. The highest BCUT2D eigenvalue weighted by molar-refractivity contribution is 5.45. The van der Waals surface area contributed by atoms with Gasteiger partial charge in [0.15, 0.2) is 11.5 Å². The van der Waals surface area contributed by atoms with Crippen molar-refractivity contribution >= 4 is 0 Å². The van der Waals surface area contributed by atoms with Gasteiger partial charge in [-0.3, -0.25) is 0 Å². The van der Waals surface area contributed by atoms with Gasteiger partial charge in [-0.25, -0.2) is 0 Å². The van der Waals surface area contributed by atoms with E-state index in [-0.39, 0.29) is 11.9 Å². The van der Waals surface area contributed by atoms with Crippen LogP contribution in [0.1, 0.15) is 0 Å². The van der Waals surface area contributed by atoms with Gasteiger partial charge in [0.05, 0.1) is 7.11 Å². The molecule has 76 valence electrons. The number of phenolic OH excluding ortho intramolecular Hbond substituents is 1. The summed E-state index contributed by atoms with van der Waals surface area (Å²) in [5.74, 6) is 1.43. The highest BCUT2D eigenvalue weighted by atomic mass is 16.5. The summed E-state index contributed by atoms with van der Waals surface area (Å²) in [5.41, 5.74) is 0. The molecule has 4 heteroatoms. The minimum atomic E-state index is 0.181. The van der Waals surface area contributed by atoms with Crippen LogP contribution in [-0.2, 0) is 0 Å². The zero-order valence-electron chi connectivity index (χ0n) is 7.99. The Bertz CT molecular complexity index is 323. The summed E-state index contributed by atoms with van der Waals surface area (Å²) in [7, 11) is 1.56. The van der Waals surface area contributed by atoms with E-state index in [1.807, 2.05) is 0 Å². The quantitative estimate of drug-likeness (QED) is 0.747. The first-order valence-electron chi connectivity index (χ1n) is 4.54. The van der Waals surface area contributed by atoms with Crippen LogP contribution in [0.4, 0.5) is 0 Å². The number of aromatic hydroxyl groups is 1. The third-order valence-corrected chi connectivity index (χ3v) is 2.18. The average molecular weight is 195 g/mol. The van der Waals surface area contributed by atoms with Crippen molar-refractivity contribution in [2.24, 2.45) is 0 Å². The van der Waals surface area contributed by atoms with E-state index in [1.165, 1.54) is 0 Å². The summed E-state index contributed by atoms with van der Waals surface area (Å²) >= 11 is 0. The Hall–Kier alpha value is -1.42. The number of hydrogen-bond acceptors (Lipinski definition) is 4. The van der Waals surface area contributed by atoms with Crippen molar-refractivity contribution in [1.29, 1.82) is 0 Å². The summed E-state index contributed by atoms with van der Waals surface area (Å²) in [6.07, 6.45) is 0.216. The molecule has 0 amide bonds. The number of ether oxygens (including phenoxy) is 2. The monoisotopic (exact) mass is 195 g/mol. The lowest BCUT2D eigenvalue weighted by molar-refractivity contribution is 0.137. The van der Waals surface area contributed by atoms with Crippen molar-refractivity contribution in [1.82, 2.24) is 5.32 Å². The number of rotatable bonds is 3. The van der Waals surface area contributed by atoms with Crippen LogP contribution < -0.4 is 14.8 Å². The van der Waals surface area contributed by atoms with Gasteiger partial charge in [-0.2, -0.15) is 0 Å². The van der Waals surface area contributed by atoms with Crippen molar-refractivity contribution in [2.45, 2.75) is 6.10 Å². The molecule has 1 aliphatic rings. The zero-order chi connectivity index (χ0) is 9.97. The number of phenols is 1. The maximum absolute atomic E-state index is 9.23. The molecule has 4 nitrogen and oxygen atoms in total. The topological polar surface area (TPSA) is 50.7 Å². The summed E-state index contributed by atoms with van der Waals surface area (Å²) in [4.78, 5) is 0. The average Bonchev–Trinajstić information content (AvgIpc) is 2.13. The molecule has 1 fully saturated rings. The Labute approximate surface area is 82.5 Å². The molecule has 1 aromatic rings. The fourth-order valence-electron chi connectivity index (χ4n) is 1.28. The van der Waals surface area contributed by atoms with E-state index in [0.717, 1.165) is 13.1 Å². The molecule has 0 unspecified atom stereocenters. The van der Waals surface area contributed by atoms with Gasteiger partial charge in [0, 0.05) is 19.2 Å². The second-order valence-corrected chi connectivity index (χ2v) is 3.23.